The number of unbranched alkanes of at least 4 members (excludes halogenated alkanes) is 4. The van der Waals surface area contributed by atoms with Crippen molar-refractivity contribution in [1.29, 1.82) is 0 Å². The second-order valence-corrected chi connectivity index (χ2v) is 5.16. The fourth-order valence-corrected chi connectivity index (χ4v) is 2.31. The van der Waals surface area contributed by atoms with E-state index in [4.69, 9.17) is 9.47 Å². The van der Waals surface area contributed by atoms with E-state index in [0.29, 0.717) is 19.1 Å². The Morgan fingerprint density at radius 2 is 2.06 bits per heavy atom. The highest BCUT2D eigenvalue weighted by Gasteiger charge is 2.14. The summed E-state index contributed by atoms with van der Waals surface area (Å²) in [6.45, 7) is 3.66. The van der Waals surface area contributed by atoms with Crippen LogP contribution in [-0.2, 0) is 14.3 Å². The molecule has 0 N–H and O–H groups in total. The van der Waals surface area contributed by atoms with Gasteiger partial charge in [-0.2, -0.15) is 0 Å². The fourth-order valence-electron chi connectivity index (χ4n) is 2.31. The molecule has 1 aliphatic heterocycles. The Bertz CT molecular complexity index is 210. The van der Waals surface area contributed by atoms with Gasteiger partial charge in [0.15, 0.2) is 0 Å². The molecule has 0 aliphatic carbocycles. The smallest absolute Gasteiger partial charge is 0.305 e. The number of ether oxygens (including phenoxy) is 2. The maximum Gasteiger partial charge on any atom is 0.305 e. The molecule has 0 radical (unpaired) electrons. The van der Waals surface area contributed by atoms with E-state index >= 15 is 0 Å². The number of carbonyl (C=O) groups is 1. The number of rotatable bonds is 10. The minimum absolute atomic E-state index is 0.0289. The van der Waals surface area contributed by atoms with Crippen molar-refractivity contribution in [3.8, 4) is 0 Å². The number of carbonyl (C=O) groups excluding carboxylic acids is 1. The molecular weight excluding hydrogens is 228 g/mol. The number of esters is 1. The van der Waals surface area contributed by atoms with Gasteiger partial charge < -0.3 is 9.47 Å². The Morgan fingerprint density at radius 3 is 2.78 bits per heavy atom. The van der Waals surface area contributed by atoms with Crippen LogP contribution in [-0.4, -0.2) is 25.3 Å². The van der Waals surface area contributed by atoms with Crippen LogP contribution in [0.15, 0.2) is 0 Å². The molecule has 0 bridgehead atoms. The predicted octanol–water partition coefficient (Wildman–Crippen LogP) is 3.85. The zero-order chi connectivity index (χ0) is 13.1. The molecule has 1 saturated heterocycles. The summed E-state index contributed by atoms with van der Waals surface area (Å²) < 4.78 is 10.7. The maximum atomic E-state index is 11.4. The summed E-state index contributed by atoms with van der Waals surface area (Å²) in [5, 5.41) is 0. The molecule has 18 heavy (non-hydrogen) atoms. The molecule has 1 fully saturated rings. The van der Waals surface area contributed by atoms with Crippen LogP contribution in [0.2, 0.25) is 0 Å². The van der Waals surface area contributed by atoms with Crippen LogP contribution in [0, 0.1) is 0 Å². The third-order valence-electron chi connectivity index (χ3n) is 3.44. The molecule has 0 unspecified atom stereocenters. The van der Waals surface area contributed by atoms with Crippen molar-refractivity contribution in [2.45, 2.75) is 77.2 Å². The standard InChI is InChI=1S/C15H28O3/c1-2-3-4-5-6-11-15(16)18-13-8-10-14-9-7-12-17-14/h14H,2-13H2,1H3/t14-/m0/s1. The fraction of sp³-hybridized carbons (Fsp3) is 0.933. The predicted molar refractivity (Wildman–Crippen MR) is 72.5 cm³/mol. The first-order chi connectivity index (χ1) is 8.83. The van der Waals surface area contributed by atoms with E-state index in [9.17, 15) is 4.79 Å². The Balaban J connectivity index is 1.84. The highest BCUT2D eigenvalue weighted by molar-refractivity contribution is 5.69. The van der Waals surface area contributed by atoms with Crippen molar-refractivity contribution >= 4 is 5.97 Å². The van der Waals surface area contributed by atoms with E-state index in [1.165, 1.54) is 32.1 Å². The quantitative estimate of drug-likeness (QED) is 0.440. The van der Waals surface area contributed by atoms with Gasteiger partial charge in [0.1, 0.15) is 0 Å². The van der Waals surface area contributed by atoms with Gasteiger partial charge in [0.2, 0.25) is 0 Å². The average molecular weight is 256 g/mol. The second-order valence-electron chi connectivity index (χ2n) is 5.16. The Kier molecular flexibility index (Phi) is 8.92. The summed E-state index contributed by atoms with van der Waals surface area (Å²) in [7, 11) is 0. The SMILES string of the molecule is CCCCCCCC(=O)OCCC[C@@H]1CCCO1. The summed E-state index contributed by atoms with van der Waals surface area (Å²) in [6, 6.07) is 0. The van der Waals surface area contributed by atoms with Crippen molar-refractivity contribution in [3.05, 3.63) is 0 Å². The Hall–Kier alpha value is -0.570. The van der Waals surface area contributed by atoms with Gasteiger partial charge in [-0.25, -0.2) is 0 Å². The van der Waals surface area contributed by atoms with Crippen LogP contribution in [0.4, 0.5) is 0 Å². The van der Waals surface area contributed by atoms with Crippen LogP contribution in [0.5, 0.6) is 0 Å². The van der Waals surface area contributed by atoms with E-state index in [1.54, 1.807) is 0 Å². The van der Waals surface area contributed by atoms with Crippen molar-refractivity contribution < 1.29 is 14.3 Å². The Morgan fingerprint density at radius 1 is 1.22 bits per heavy atom. The number of hydrogen-bond acceptors (Lipinski definition) is 3. The third kappa shape index (κ3) is 7.70. The average Bonchev–Trinajstić information content (AvgIpc) is 2.87. The minimum Gasteiger partial charge on any atom is -0.466 e. The lowest BCUT2D eigenvalue weighted by Crippen LogP contribution is -2.09. The van der Waals surface area contributed by atoms with Gasteiger partial charge in [0.05, 0.1) is 12.7 Å². The third-order valence-corrected chi connectivity index (χ3v) is 3.44. The molecule has 0 aromatic rings. The van der Waals surface area contributed by atoms with E-state index in [2.05, 4.69) is 6.92 Å². The number of hydrogen-bond donors (Lipinski definition) is 0. The van der Waals surface area contributed by atoms with Crippen molar-refractivity contribution in [3.63, 3.8) is 0 Å². The molecular formula is C15H28O3. The Labute approximate surface area is 111 Å². The largest absolute Gasteiger partial charge is 0.466 e. The van der Waals surface area contributed by atoms with Gasteiger partial charge in [0, 0.05) is 13.0 Å². The van der Waals surface area contributed by atoms with Crippen LogP contribution >= 0.6 is 0 Å². The molecule has 3 nitrogen and oxygen atoms in total. The first-order valence-electron chi connectivity index (χ1n) is 7.60. The molecule has 1 heterocycles. The zero-order valence-electron chi connectivity index (χ0n) is 11.8. The van der Waals surface area contributed by atoms with Crippen molar-refractivity contribution in [2.24, 2.45) is 0 Å². The first-order valence-corrected chi connectivity index (χ1v) is 7.60. The molecule has 106 valence electrons. The van der Waals surface area contributed by atoms with E-state index in [1.807, 2.05) is 0 Å². The van der Waals surface area contributed by atoms with Crippen LogP contribution in [0.3, 0.4) is 0 Å². The van der Waals surface area contributed by atoms with Gasteiger partial charge in [-0.1, -0.05) is 32.6 Å². The van der Waals surface area contributed by atoms with E-state index in [0.717, 1.165) is 32.3 Å². The van der Waals surface area contributed by atoms with Gasteiger partial charge in [0.25, 0.3) is 0 Å². The molecule has 1 atom stereocenters. The summed E-state index contributed by atoms with van der Waals surface area (Å²) in [5.41, 5.74) is 0. The molecule has 0 aromatic heterocycles. The zero-order valence-corrected chi connectivity index (χ0v) is 11.8. The molecule has 0 saturated carbocycles. The monoisotopic (exact) mass is 256 g/mol. The van der Waals surface area contributed by atoms with Crippen LogP contribution in [0.1, 0.15) is 71.1 Å². The highest BCUT2D eigenvalue weighted by atomic mass is 16.5. The van der Waals surface area contributed by atoms with E-state index < -0.39 is 0 Å². The van der Waals surface area contributed by atoms with Gasteiger partial charge in [-0.05, 0) is 32.1 Å². The summed E-state index contributed by atoms with van der Waals surface area (Å²) in [4.78, 5) is 11.4. The lowest BCUT2D eigenvalue weighted by atomic mass is 10.1. The minimum atomic E-state index is -0.0289. The summed E-state index contributed by atoms with van der Waals surface area (Å²) in [6.07, 6.45) is 11.2. The summed E-state index contributed by atoms with van der Waals surface area (Å²) >= 11 is 0. The van der Waals surface area contributed by atoms with Crippen molar-refractivity contribution in [1.82, 2.24) is 0 Å². The highest BCUT2D eigenvalue weighted by Crippen LogP contribution is 2.16. The van der Waals surface area contributed by atoms with Crippen molar-refractivity contribution in [2.75, 3.05) is 13.2 Å². The maximum absolute atomic E-state index is 11.4. The molecule has 1 aliphatic rings. The van der Waals surface area contributed by atoms with Gasteiger partial charge in [-0.3, -0.25) is 4.79 Å². The normalized spacial score (nSPS) is 19.1. The van der Waals surface area contributed by atoms with Crippen LogP contribution in [0.25, 0.3) is 0 Å². The molecule has 0 aromatic carbocycles. The lowest BCUT2D eigenvalue weighted by molar-refractivity contribution is -0.144. The van der Waals surface area contributed by atoms with Crippen LogP contribution < -0.4 is 0 Å². The molecule has 0 amide bonds. The topological polar surface area (TPSA) is 35.5 Å². The van der Waals surface area contributed by atoms with E-state index in [-0.39, 0.29) is 5.97 Å². The second kappa shape index (κ2) is 10.4. The summed E-state index contributed by atoms with van der Waals surface area (Å²) in [5.74, 6) is -0.0289. The van der Waals surface area contributed by atoms with Gasteiger partial charge in [-0.15, -0.1) is 0 Å². The molecule has 1 rings (SSSR count). The lowest BCUT2D eigenvalue weighted by Gasteiger charge is -2.09. The first kappa shape index (κ1) is 15.5. The van der Waals surface area contributed by atoms with Gasteiger partial charge >= 0.3 is 5.97 Å². The molecule has 0 spiro atoms. The molecule has 3 heteroatoms.